The molecule has 18 heavy (non-hydrogen) atoms. The Morgan fingerprint density at radius 1 is 1.44 bits per heavy atom. The lowest BCUT2D eigenvalue weighted by Crippen LogP contribution is -2.25. The van der Waals surface area contributed by atoms with Gasteiger partial charge in [0.05, 0.1) is 20.9 Å². The highest BCUT2D eigenvalue weighted by Gasteiger charge is 2.16. The first-order chi connectivity index (χ1) is 8.58. The SMILES string of the molecule is CN(Cc1ccccn1)C(=O)c1cc(Br)c(Br)s1. The van der Waals surface area contributed by atoms with Crippen LogP contribution in [0.2, 0.25) is 0 Å². The molecule has 94 valence electrons. The average molecular weight is 390 g/mol. The van der Waals surface area contributed by atoms with Gasteiger partial charge in [-0.1, -0.05) is 6.07 Å². The predicted molar refractivity (Wildman–Crippen MR) is 79.8 cm³/mol. The average Bonchev–Trinajstić information content (AvgIpc) is 2.70. The molecule has 0 N–H and O–H groups in total. The molecule has 0 radical (unpaired) electrons. The standard InChI is InChI=1S/C12H10Br2N2OS/c1-16(7-8-4-2-3-5-15-8)12(17)10-6-9(13)11(14)18-10/h2-6H,7H2,1H3. The molecule has 0 aromatic carbocycles. The maximum atomic E-state index is 12.2. The molecule has 0 aliphatic heterocycles. The summed E-state index contributed by atoms with van der Waals surface area (Å²) in [5, 5.41) is 0. The summed E-state index contributed by atoms with van der Waals surface area (Å²) in [6.45, 7) is 0.507. The van der Waals surface area contributed by atoms with E-state index in [-0.39, 0.29) is 5.91 Å². The molecule has 0 atom stereocenters. The molecule has 0 fully saturated rings. The molecule has 3 nitrogen and oxygen atoms in total. The first-order valence-corrected chi connectivity index (χ1v) is 7.58. The number of halogens is 2. The summed E-state index contributed by atoms with van der Waals surface area (Å²) in [5.74, 6) is -0.00273. The number of carbonyl (C=O) groups excluding carboxylic acids is 1. The summed E-state index contributed by atoms with van der Waals surface area (Å²) in [5.41, 5.74) is 0.878. The Bertz CT molecular complexity index is 537. The molecule has 0 saturated heterocycles. The van der Waals surface area contributed by atoms with Crippen LogP contribution in [0.15, 0.2) is 38.7 Å². The third-order valence-corrected chi connectivity index (χ3v) is 5.57. The van der Waals surface area contributed by atoms with Crippen molar-refractivity contribution in [2.75, 3.05) is 7.05 Å². The van der Waals surface area contributed by atoms with Crippen LogP contribution >= 0.6 is 43.2 Å². The van der Waals surface area contributed by atoms with E-state index >= 15 is 0 Å². The molecule has 0 aliphatic carbocycles. The maximum Gasteiger partial charge on any atom is 0.264 e. The second-order valence-electron chi connectivity index (χ2n) is 3.71. The zero-order valence-corrected chi connectivity index (χ0v) is 13.5. The van der Waals surface area contributed by atoms with Gasteiger partial charge in [-0.25, -0.2) is 0 Å². The van der Waals surface area contributed by atoms with E-state index in [1.54, 1.807) is 18.1 Å². The Kier molecular flexibility index (Phi) is 4.53. The van der Waals surface area contributed by atoms with Gasteiger partial charge in [0.2, 0.25) is 0 Å². The first-order valence-electron chi connectivity index (χ1n) is 5.18. The summed E-state index contributed by atoms with van der Waals surface area (Å²) in [6.07, 6.45) is 1.73. The monoisotopic (exact) mass is 388 g/mol. The molecule has 6 heteroatoms. The van der Waals surface area contributed by atoms with Crippen molar-refractivity contribution in [3.63, 3.8) is 0 Å². The van der Waals surface area contributed by atoms with Gasteiger partial charge in [0.25, 0.3) is 5.91 Å². The number of hydrogen-bond acceptors (Lipinski definition) is 3. The van der Waals surface area contributed by atoms with E-state index in [1.165, 1.54) is 11.3 Å². The quantitative estimate of drug-likeness (QED) is 0.796. The Labute approximate surface area is 126 Å². The zero-order chi connectivity index (χ0) is 13.1. The van der Waals surface area contributed by atoms with Gasteiger partial charge in [-0.05, 0) is 50.1 Å². The van der Waals surface area contributed by atoms with Crippen LogP contribution < -0.4 is 0 Å². The lowest BCUT2D eigenvalue weighted by Gasteiger charge is -2.15. The van der Waals surface area contributed by atoms with Gasteiger partial charge in [0.15, 0.2) is 0 Å². The predicted octanol–water partition coefficient (Wildman–Crippen LogP) is 3.94. The van der Waals surface area contributed by atoms with Gasteiger partial charge in [-0.2, -0.15) is 0 Å². The van der Waals surface area contributed by atoms with E-state index in [9.17, 15) is 4.79 Å². The van der Waals surface area contributed by atoms with Gasteiger partial charge in [0.1, 0.15) is 0 Å². The van der Waals surface area contributed by atoms with Crippen LogP contribution in [0.3, 0.4) is 0 Å². The first kappa shape index (κ1) is 13.7. The van der Waals surface area contributed by atoms with Crippen molar-refractivity contribution in [2.24, 2.45) is 0 Å². The number of nitrogens with zero attached hydrogens (tertiary/aromatic N) is 2. The molecule has 0 saturated carbocycles. The Morgan fingerprint density at radius 2 is 2.22 bits per heavy atom. The summed E-state index contributed by atoms with van der Waals surface area (Å²) in [7, 11) is 1.78. The normalized spacial score (nSPS) is 10.4. The van der Waals surface area contributed by atoms with Gasteiger partial charge < -0.3 is 4.90 Å². The van der Waals surface area contributed by atoms with Crippen molar-refractivity contribution in [3.8, 4) is 0 Å². The fourth-order valence-corrected chi connectivity index (χ4v) is 3.48. The number of carbonyl (C=O) groups is 1. The number of rotatable bonds is 3. The van der Waals surface area contributed by atoms with E-state index in [0.717, 1.165) is 14.0 Å². The van der Waals surface area contributed by atoms with E-state index in [4.69, 9.17) is 0 Å². The Hall–Kier alpha value is -0.720. The number of amides is 1. The molecule has 0 unspecified atom stereocenters. The molecule has 2 rings (SSSR count). The van der Waals surface area contributed by atoms with Crippen LogP contribution in [0, 0.1) is 0 Å². The van der Waals surface area contributed by atoms with E-state index in [1.807, 2.05) is 24.3 Å². The number of thiophene rings is 1. The summed E-state index contributed by atoms with van der Waals surface area (Å²) in [4.78, 5) is 18.8. The fourth-order valence-electron chi connectivity index (χ4n) is 1.45. The van der Waals surface area contributed by atoms with Crippen molar-refractivity contribution < 1.29 is 4.79 Å². The van der Waals surface area contributed by atoms with Crippen LogP contribution in [-0.2, 0) is 6.54 Å². The van der Waals surface area contributed by atoms with Crippen molar-refractivity contribution in [1.29, 1.82) is 0 Å². The van der Waals surface area contributed by atoms with Crippen molar-refractivity contribution in [2.45, 2.75) is 6.54 Å². The van der Waals surface area contributed by atoms with E-state index < -0.39 is 0 Å². The maximum absolute atomic E-state index is 12.2. The summed E-state index contributed by atoms with van der Waals surface area (Å²) < 4.78 is 1.83. The highest BCUT2D eigenvalue weighted by Crippen LogP contribution is 2.32. The second kappa shape index (κ2) is 5.95. The summed E-state index contributed by atoms with van der Waals surface area (Å²) >= 11 is 8.19. The largest absolute Gasteiger partial charge is 0.335 e. The van der Waals surface area contributed by atoms with Crippen molar-refractivity contribution >= 4 is 49.1 Å². The minimum atomic E-state index is -0.00273. The van der Waals surface area contributed by atoms with Crippen LogP contribution in [0.1, 0.15) is 15.4 Å². The van der Waals surface area contributed by atoms with Crippen molar-refractivity contribution in [3.05, 3.63) is 49.3 Å². The molecular formula is C12H10Br2N2OS. The van der Waals surface area contributed by atoms with E-state index in [2.05, 4.69) is 36.8 Å². The number of hydrogen-bond donors (Lipinski definition) is 0. The lowest BCUT2D eigenvalue weighted by atomic mass is 10.3. The molecule has 2 heterocycles. The smallest absolute Gasteiger partial charge is 0.264 e. The number of aromatic nitrogens is 1. The molecule has 0 aliphatic rings. The molecular weight excluding hydrogens is 380 g/mol. The molecule has 1 amide bonds. The number of pyridine rings is 1. The van der Waals surface area contributed by atoms with Gasteiger partial charge >= 0.3 is 0 Å². The molecule has 0 bridgehead atoms. The second-order valence-corrected chi connectivity index (χ2v) is 6.94. The highest BCUT2D eigenvalue weighted by atomic mass is 79.9. The molecule has 0 spiro atoms. The van der Waals surface area contributed by atoms with Gasteiger partial charge in [-0.3, -0.25) is 9.78 Å². The summed E-state index contributed by atoms with van der Waals surface area (Å²) in [6, 6.07) is 7.51. The minimum absolute atomic E-state index is 0.00273. The highest BCUT2D eigenvalue weighted by molar-refractivity contribution is 9.13. The van der Waals surface area contributed by atoms with Crippen molar-refractivity contribution in [1.82, 2.24) is 9.88 Å². The molecule has 2 aromatic rings. The van der Waals surface area contributed by atoms with Crippen LogP contribution in [0.5, 0.6) is 0 Å². The van der Waals surface area contributed by atoms with Crippen LogP contribution in [0.25, 0.3) is 0 Å². The van der Waals surface area contributed by atoms with Gasteiger partial charge in [0, 0.05) is 17.7 Å². The lowest BCUT2D eigenvalue weighted by molar-refractivity contribution is 0.0788. The minimum Gasteiger partial charge on any atom is -0.335 e. The Morgan fingerprint density at radius 3 is 2.78 bits per heavy atom. The van der Waals surface area contributed by atoms with E-state index in [0.29, 0.717) is 11.4 Å². The third kappa shape index (κ3) is 3.18. The Balaban J connectivity index is 2.09. The fraction of sp³-hybridized carbons (Fsp3) is 0.167. The zero-order valence-electron chi connectivity index (χ0n) is 9.56. The molecule has 2 aromatic heterocycles. The topological polar surface area (TPSA) is 33.2 Å². The van der Waals surface area contributed by atoms with Gasteiger partial charge in [-0.15, -0.1) is 11.3 Å². The third-order valence-electron chi connectivity index (χ3n) is 2.33. The van der Waals surface area contributed by atoms with Crippen LogP contribution in [0.4, 0.5) is 0 Å². The van der Waals surface area contributed by atoms with Crippen LogP contribution in [-0.4, -0.2) is 22.8 Å².